The molecule has 0 aliphatic carbocycles. The van der Waals surface area contributed by atoms with E-state index >= 15 is 0 Å². The van der Waals surface area contributed by atoms with Gasteiger partial charge in [-0.3, -0.25) is 5.43 Å². The highest BCUT2D eigenvalue weighted by Gasteiger charge is 1.99. The summed E-state index contributed by atoms with van der Waals surface area (Å²) in [6.45, 7) is 0.608. The van der Waals surface area contributed by atoms with Crippen molar-refractivity contribution in [2.45, 2.75) is 6.54 Å². The maximum atomic E-state index is 5.22. The molecule has 0 amide bonds. The average Bonchev–Trinajstić information content (AvgIpc) is 3.16. The average molecular weight is 365 g/mol. The van der Waals surface area contributed by atoms with Crippen LogP contribution >= 0.6 is 12.2 Å². The molecule has 1 aromatic heterocycles. The van der Waals surface area contributed by atoms with Gasteiger partial charge in [0.2, 0.25) is 0 Å². The quantitative estimate of drug-likeness (QED) is 0.400. The van der Waals surface area contributed by atoms with Crippen LogP contribution in [0.15, 0.2) is 72.1 Å². The molecular weight excluding hydrogens is 346 g/mol. The molecule has 0 fully saturated rings. The lowest BCUT2D eigenvalue weighted by molar-refractivity contribution is 0.414. The van der Waals surface area contributed by atoms with Crippen LogP contribution in [-0.2, 0) is 6.54 Å². The Morgan fingerprint density at radius 1 is 1.19 bits per heavy atom. The van der Waals surface area contributed by atoms with Gasteiger partial charge in [-0.05, 0) is 42.0 Å². The maximum absolute atomic E-state index is 5.22. The van der Waals surface area contributed by atoms with Gasteiger partial charge < -0.3 is 10.1 Å². The molecule has 0 bridgehead atoms. The third-order valence-corrected chi connectivity index (χ3v) is 3.85. The summed E-state index contributed by atoms with van der Waals surface area (Å²) >= 11 is 5.22. The van der Waals surface area contributed by atoms with Gasteiger partial charge in [-0.25, -0.2) is 4.68 Å². The molecule has 0 saturated carbocycles. The molecule has 0 atom stereocenters. The molecule has 26 heavy (non-hydrogen) atoms. The number of hydrogen-bond acceptors (Lipinski definition) is 4. The van der Waals surface area contributed by atoms with Crippen molar-refractivity contribution in [3.63, 3.8) is 0 Å². The van der Waals surface area contributed by atoms with Gasteiger partial charge in [0, 0.05) is 18.3 Å². The summed E-state index contributed by atoms with van der Waals surface area (Å²) in [4.78, 5) is 0. The largest absolute Gasteiger partial charge is 0.497 e. The fraction of sp³-hybridized carbons (Fsp3) is 0.105. The van der Waals surface area contributed by atoms with Gasteiger partial charge in [0.25, 0.3) is 0 Å². The van der Waals surface area contributed by atoms with Crippen LogP contribution in [0.25, 0.3) is 5.69 Å². The summed E-state index contributed by atoms with van der Waals surface area (Å²) in [5.74, 6) is 0.829. The van der Waals surface area contributed by atoms with Gasteiger partial charge in [-0.2, -0.15) is 10.2 Å². The summed E-state index contributed by atoms with van der Waals surface area (Å²) in [6, 6.07) is 17.7. The highest BCUT2D eigenvalue weighted by atomic mass is 32.1. The maximum Gasteiger partial charge on any atom is 0.187 e. The lowest BCUT2D eigenvalue weighted by atomic mass is 10.2. The summed E-state index contributed by atoms with van der Waals surface area (Å²) in [6.07, 6.45) is 5.31. The molecule has 0 aliphatic rings. The van der Waals surface area contributed by atoms with Crippen LogP contribution in [0.3, 0.4) is 0 Å². The van der Waals surface area contributed by atoms with Crippen LogP contribution < -0.4 is 15.5 Å². The summed E-state index contributed by atoms with van der Waals surface area (Å²) in [5.41, 5.74) is 5.77. The Bertz CT molecular complexity index is 874. The number of hydrogen-bond donors (Lipinski definition) is 2. The van der Waals surface area contributed by atoms with E-state index in [2.05, 4.69) is 20.9 Å². The fourth-order valence-corrected chi connectivity index (χ4v) is 2.38. The minimum atomic E-state index is 0.451. The molecule has 0 saturated heterocycles. The van der Waals surface area contributed by atoms with Crippen molar-refractivity contribution >= 4 is 23.5 Å². The summed E-state index contributed by atoms with van der Waals surface area (Å²) < 4.78 is 6.93. The Hall–Kier alpha value is -3.19. The van der Waals surface area contributed by atoms with E-state index in [9.17, 15) is 0 Å². The van der Waals surface area contributed by atoms with Gasteiger partial charge in [-0.1, -0.05) is 30.3 Å². The number of benzene rings is 2. The number of nitrogens with one attached hydrogen (secondary N) is 2. The highest BCUT2D eigenvalue weighted by molar-refractivity contribution is 7.80. The summed E-state index contributed by atoms with van der Waals surface area (Å²) in [5, 5.41) is 12.0. The van der Waals surface area contributed by atoms with E-state index in [0.29, 0.717) is 11.7 Å². The van der Waals surface area contributed by atoms with E-state index in [-0.39, 0.29) is 0 Å². The zero-order valence-electron chi connectivity index (χ0n) is 14.3. The smallest absolute Gasteiger partial charge is 0.187 e. The Labute approximate surface area is 157 Å². The Morgan fingerprint density at radius 2 is 1.96 bits per heavy atom. The van der Waals surface area contributed by atoms with Crippen LogP contribution in [0.1, 0.15) is 11.1 Å². The van der Waals surface area contributed by atoms with E-state index in [1.807, 2.05) is 60.8 Å². The number of thiocarbonyl (C=S) groups is 1. The zero-order chi connectivity index (χ0) is 18.2. The van der Waals surface area contributed by atoms with Crippen LogP contribution in [0.4, 0.5) is 0 Å². The monoisotopic (exact) mass is 365 g/mol. The minimum absolute atomic E-state index is 0.451. The van der Waals surface area contributed by atoms with Gasteiger partial charge >= 0.3 is 0 Å². The standard InChI is InChI=1S/C19H19N5OS/c1-25-18-9-7-15(8-10-18)11-20-19(26)23-21-12-16-13-22-24(14-16)17-5-3-2-4-6-17/h2-10,12-14H,11H2,1H3,(H2,20,23,26)/b21-12-. The fourth-order valence-electron chi connectivity index (χ4n) is 2.26. The third-order valence-electron chi connectivity index (χ3n) is 3.62. The van der Waals surface area contributed by atoms with Crippen molar-refractivity contribution in [1.82, 2.24) is 20.5 Å². The Morgan fingerprint density at radius 3 is 2.69 bits per heavy atom. The van der Waals surface area contributed by atoms with Crippen molar-refractivity contribution in [1.29, 1.82) is 0 Å². The molecule has 0 radical (unpaired) electrons. The normalized spacial score (nSPS) is 10.7. The second kappa shape index (κ2) is 8.77. The van der Waals surface area contributed by atoms with Crippen molar-refractivity contribution in [3.8, 4) is 11.4 Å². The molecule has 132 valence electrons. The first-order valence-corrected chi connectivity index (χ1v) is 8.45. The van der Waals surface area contributed by atoms with Crippen molar-refractivity contribution in [2.75, 3.05) is 7.11 Å². The predicted molar refractivity (Wildman–Crippen MR) is 107 cm³/mol. The van der Waals surface area contributed by atoms with Crippen LogP contribution in [0.2, 0.25) is 0 Å². The molecule has 3 aromatic rings. The Kier molecular flexibility index (Phi) is 5.95. The number of aromatic nitrogens is 2. The van der Waals surface area contributed by atoms with E-state index in [0.717, 1.165) is 22.6 Å². The van der Waals surface area contributed by atoms with Crippen molar-refractivity contribution in [2.24, 2.45) is 5.10 Å². The first-order valence-electron chi connectivity index (χ1n) is 8.04. The zero-order valence-corrected chi connectivity index (χ0v) is 15.1. The third kappa shape index (κ3) is 4.90. The lowest BCUT2D eigenvalue weighted by Gasteiger charge is -2.07. The minimum Gasteiger partial charge on any atom is -0.497 e. The topological polar surface area (TPSA) is 63.5 Å². The molecule has 3 rings (SSSR count). The molecular formula is C19H19N5OS. The number of nitrogens with zero attached hydrogens (tertiary/aromatic N) is 3. The van der Waals surface area contributed by atoms with Crippen LogP contribution in [-0.4, -0.2) is 28.2 Å². The van der Waals surface area contributed by atoms with E-state index in [4.69, 9.17) is 17.0 Å². The van der Waals surface area contributed by atoms with Gasteiger partial charge in [-0.15, -0.1) is 0 Å². The van der Waals surface area contributed by atoms with Crippen molar-refractivity contribution < 1.29 is 4.74 Å². The van der Waals surface area contributed by atoms with Gasteiger partial charge in [0.1, 0.15) is 5.75 Å². The van der Waals surface area contributed by atoms with Gasteiger partial charge in [0.05, 0.1) is 25.2 Å². The number of hydrazone groups is 1. The number of ether oxygens (including phenoxy) is 1. The molecule has 2 aromatic carbocycles. The second-order valence-electron chi connectivity index (χ2n) is 5.45. The molecule has 0 spiro atoms. The van der Waals surface area contributed by atoms with Crippen LogP contribution in [0.5, 0.6) is 5.75 Å². The lowest BCUT2D eigenvalue weighted by Crippen LogP contribution is -2.31. The van der Waals surface area contributed by atoms with Crippen molar-refractivity contribution in [3.05, 3.63) is 78.1 Å². The summed E-state index contributed by atoms with van der Waals surface area (Å²) in [7, 11) is 1.65. The number of methoxy groups -OCH3 is 1. The van der Waals surface area contributed by atoms with E-state index < -0.39 is 0 Å². The molecule has 2 N–H and O–H groups in total. The first kappa shape index (κ1) is 17.6. The predicted octanol–water partition coefficient (Wildman–Crippen LogP) is 2.88. The second-order valence-corrected chi connectivity index (χ2v) is 5.86. The number of rotatable bonds is 6. The molecule has 6 nitrogen and oxygen atoms in total. The molecule has 1 heterocycles. The highest BCUT2D eigenvalue weighted by Crippen LogP contribution is 2.10. The molecule has 0 unspecified atom stereocenters. The number of para-hydroxylation sites is 1. The van der Waals surface area contributed by atoms with Crippen LogP contribution in [0, 0.1) is 0 Å². The van der Waals surface area contributed by atoms with Gasteiger partial charge in [0.15, 0.2) is 5.11 Å². The molecule has 0 aliphatic heterocycles. The first-order chi connectivity index (χ1) is 12.7. The Balaban J connectivity index is 1.47. The van der Waals surface area contributed by atoms with E-state index in [1.54, 1.807) is 24.2 Å². The SMILES string of the molecule is COc1ccc(CNC(=S)N/N=C\c2cnn(-c3ccccc3)c2)cc1. The molecule has 7 heteroatoms. The van der Waals surface area contributed by atoms with E-state index in [1.165, 1.54) is 0 Å².